The van der Waals surface area contributed by atoms with E-state index in [1.54, 1.807) is 34.6 Å². The Hall–Kier alpha value is -1.69. The Kier molecular flexibility index (Phi) is 5.04. The predicted molar refractivity (Wildman–Crippen MR) is 99.5 cm³/mol. The van der Waals surface area contributed by atoms with Crippen LogP contribution in [0.2, 0.25) is 10.0 Å². The molecule has 124 valence electrons. The third-order valence-corrected chi connectivity index (χ3v) is 4.91. The third-order valence-electron chi connectivity index (χ3n) is 3.58. The van der Waals surface area contributed by atoms with Crippen LogP contribution in [0.25, 0.3) is 5.69 Å². The van der Waals surface area contributed by atoms with Crippen LogP contribution in [0.3, 0.4) is 0 Å². The molecule has 3 aromatic rings. The van der Waals surface area contributed by atoms with Crippen molar-refractivity contribution in [1.29, 1.82) is 0 Å². The molecule has 0 aliphatic heterocycles. The summed E-state index contributed by atoms with van der Waals surface area (Å²) >= 11 is 15.4. The summed E-state index contributed by atoms with van der Waals surface area (Å²) in [6.45, 7) is 0.188. The summed E-state index contributed by atoms with van der Waals surface area (Å²) in [4.78, 5) is 12.5. The van der Waals surface area contributed by atoms with Gasteiger partial charge in [0.2, 0.25) is 0 Å². The molecule has 0 aliphatic rings. The summed E-state index contributed by atoms with van der Waals surface area (Å²) in [6, 6.07) is 14.4. The smallest absolute Gasteiger partial charge is 0.286 e. The largest absolute Gasteiger partial charge is 0.486 e. The van der Waals surface area contributed by atoms with Crippen molar-refractivity contribution in [2.75, 3.05) is 0 Å². The number of hydrogen-bond acceptors (Lipinski definition) is 2. The molecular weight excluding hydrogens is 415 g/mol. The average Bonchev–Trinajstić information content (AvgIpc) is 2.78. The summed E-state index contributed by atoms with van der Waals surface area (Å²) in [5.41, 5.74) is 1.33. The zero-order valence-corrected chi connectivity index (χ0v) is 15.8. The SMILES string of the molecule is Cn1c(COc2ccc(Cl)cc2Cl)c(Br)c(=O)n1-c1ccccc1. The van der Waals surface area contributed by atoms with E-state index >= 15 is 0 Å². The van der Waals surface area contributed by atoms with Crippen LogP contribution < -0.4 is 10.3 Å². The van der Waals surface area contributed by atoms with E-state index in [1.807, 2.05) is 30.3 Å². The van der Waals surface area contributed by atoms with Crippen molar-refractivity contribution in [3.8, 4) is 11.4 Å². The number of halogens is 3. The third kappa shape index (κ3) is 3.24. The number of hydrogen-bond donors (Lipinski definition) is 0. The summed E-state index contributed by atoms with van der Waals surface area (Å²) in [5, 5.41) is 0.960. The minimum Gasteiger partial charge on any atom is -0.486 e. The fraction of sp³-hybridized carbons (Fsp3) is 0.118. The summed E-state index contributed by atoms with van der Waals surface area (Å²) in [6.07, 6.45) is 0. The van der Waals surface area contributed by atoms with Crippen molar-refractivity contribution in [2.24, 2.45) is 7.05 Å². The second-order valence-corrected chi connectivity index (χ2v) is 6.74. The number of benzene rings is 2. The van der Waals surface area contributed by atoms with Crippen LogP contribution in [0.1, 0.15) is 5.69 Å². The van der Waals surface area contributed by atoms with Crippen molar-refractivity contribution >= 4 is 39.1 Å². The molecule has 0 atom stereocenters. The topological polar surface area (TPSA) is 36.2 Å². The van der Waals surface area contributed by atoms with Crippen LogP contribution in [0, 0.1) is 0 Å². The lowest BCUT2D eigenvalue weighted by Crippen LogP contribution is -2.19. The quantitative estimate of drug-likeness (QED) is 0.598. The summed E-state index contributed by atoms with van der Waals surface area (Å²) in [5.74, 6) is 0.507. The number of para-hydroxylation sites is 1. The van der Waals surface area contributed by atoms with Gasteiger partial charge >= 0.3 is 0 Å². The molecule has 0 unspecified atom stereocenters. The molecule has 0 N–H and O–H groups in total. The van der Waals surface area contributed by atoms with Crippen LogP contribution in [-0.2, 0) is 13.7 Å². The van der Waals surface area contributed by atoms with Crippen LogP contribution in [-0.4, -0.2) is 9.36 Å². The Morgan fingerprint density at radius 2 is 1.83 bits per heavy atom. The van der Waals surface area contributed by atoms with Gasteiger partial charge in [0, 0.05) is 12.1 Å². The van der Waals surface area contributed by atoms with E-state index in [0.717, 1.165) is 5.69 Å². The van der Waals surface area contributed by atoms with Crippen LogP contribution in [0.15, 0.2) is 57.8 Å². The molecule has 0 saturated carbocycles. The van der Waals surface area contributed by atoms with Crippen molar-refractivity contribution in [2.45, 2.75) is 6.61 Å². The van der Waals surface area contributed by atoms with Gasteiger partial charge in [-0.2, -0.15) is 0 Å². The standard InChI is InChI=1S/C17H13BrCl2N2O2/c1-21-14(10-24-15-8-7-11(19)9-13(15)20)16(18)17(23)22(21)12-5-3-2-4-6-12/h2-9H,10H2,1H3. The molecule has 0 radical (unpaired) electrons. The molecule has 0 bridgehead atoms. The van der Waals surface area contributed by atoms with Crippen molar-refractivity contribution in [1.82, 2.24) is 9.36 Å². The lowest BCUT2D eigenvalue weighted by atomic mass is 10.3. The fourth-order valence-corrected chi connectivity index (χ4v) is 3.37. The normalized spacial score (nSPS) is 10.8. The highest BCUT2D eigenvalue weighted by Gasteiger charge is 2.17. The van der Waals surface area contributed by atoms with Crippen molar-refractivity contribution < 1.29 is 4.74 Å². The fourth-order valence-electron chi connectivity index (χ4n) is 2.37. The van der Waals surface area contributed by atoms with Gasteiger partial charge in [0.05, 0.1) is 16.4 Å². The van der Waals surface area contributed by atoms with E-state index < -0.39 is 0 Å². The molecule has 0 spiro atoms. The molecule has 2 aromatic carbocycles. The Bertz CT molecular complexity index is 936. The highest BCUT2D eigenvalue weighted by molar-refractivity contribution is 9.10. The lowest BCUT2D eigenvalue weighted by Gasteiger charge is -2.12. The Morgan fingerprint density at radius 3 is 2.50 bits per heavy atom. The minimum absolute atomic E-state index is 0.149. The average molecular weight is 428 g/mol. The first kappa shape index (κ1) is 17.1. The molecule has 3 rings (SSSR count). The number of ether oxygens (including phenoxy) is 1. The first-order valence-corrected chi connectivity index (χ1v) is 8.63. The first-order valence-electron chi connectivity index (χ1n) is 7.08. The second kappa shape index (κ2) is 7.05. The van der Waals surface area contributed by atoms with Crippen LogP contribution in [0.4, 0.5) is 0 Å². The molecule has 4 nitrogen and oxygen atoms in total. The summed E-state index contributed by atoms with van der Waals surface area (Å²) < 4.78 is 9.54. The second-order valence-electron chi connectivity index (χ2n) is 5.10. The maximum atomic E-state index is 12.5. The molecule has 0 aliphatic carbocycles. The molecule has 0 fully saturated rings. The summed E-state index contributed by atoms with van der Waals surface area (Å²) in [7, 11) is 1.81. The molecule has 0 saturated heterocycles. The minimum atomic E-state index is -0.149. The highest BCUT2D eigenvalue weighted by Crippen LogP contribution is 2.28. The van der Waals surface area contributed by atoms with E-state index in [-0.39, 0.29) is 12.2 Å². The van der Waals surface area contributed by atoms with Gasteiger partial charge in [0.15, 0.2) is 0 Å². The van der Waals surface area contributed by atoms with Crippen LogP contribution in [0.5, 0.6) is 5.75 Å². The lowest BCUT2D eigenvalue weighted by molar-refractivity contribution is 0.292. The number of nitrogens with zero attached hydrogens (tertiary/aromatic N) is 2. The first-order chi connectivity index (χ1) is 11.5. The van der Waals surface area contributed by atoms with E-state index in [1.165, 1.54) is 0 Å². The Balaban J connectivity index is 1.94. The van der Waals surface area contributed by atoms with E-state index in [0.29, 0.717) is 26.0 Å². The molecule has 1 heterocycles. The maximum absolute atomic E-state index is 12.5. The maximum Gasteiger partial charge on any atom is 0.286 e. The van der Waals surface area contributed by atoms with Gasteiger partial charge in [0.1, 0.15) is 16.8 Å². The highest BCUT2D eigenvalue weighted by atomic mass is 79.9. The number of aromatic nitrogens is 2. The van der Waals surface area contributed by atoms with Gasteiger partial charge in [-0.15, -0.1) is 0 Å². The zero-order chi connectivity index (χ0) is 17.3. The van der Waals surface area contributed by atoms with E-state index in [4.69, 9.17) is 27.9 Å². The van der Waals surface area contributed by atoms with Gasteiger partial charge in [-0.25, -0.2) is 4.68 Å². The van der Waals surface area contributed by atoms with Gasteiger partial charge < -0.3 is 4.74 Å². The predicted octanol–water partition coefficient (Wildman–Crippen LogP) is 4.82. The van der Waals surface area contributed by atoms with Crippen LogP contribution >= 0.6 is 39.1 Å². The molecule has 0 amide bonds. The molecular formula is C17H13BrCl2N2O2. The van der Waals surface area contributed by atoms with E-state index in [9.17, 15) is 4.79 Å². The van der Waals surface area contributed by atoms with Crippen molar-refractivity contribution in [3.05, 3.63) is 79.1 Å². The monoisotopic (exact) mass is 426 g/mol. The number of rotatable bonds is 4. The van der Waals surface area contributed by atoms with Crippen molar-refractivity contribution in [3.63, 3.8) is 0 Å². The van der Waals surface area contributed by atoms with Gasteiger partial charge in [-0.1, -0.05) is 41.4 Å². The molecule has 1 aromatic heterocycles. The Morgan fingerprint density at radius 1 is 1.12 bits per heavy atom. The zero-order valence-electron chi connectivity index (χ0n) is 12.7. The Labute approximate surface area is 157 Å². The van der Waals surface area contributed by atoms with Gasteiger partial charge in [-0.3, -0.25) is 9.48 Å². The van der Waals surface area contributed by atoms with E-state index in [2.05, 4.69) is 15.9 Å². The van der Waals surface area contributed by atoms with Gasteiger partial charge in [0.25, 0.3) is 5.56 Å². The van der Waals surface area contributed by atoms with Gasteiger partial charge in [-0.05, 0) is 46.3 Å². The molecule has 7 heteroatoms. The molecule has 24 heavy (non-hydrogen) atoms.